The first-order valence-electron chi connectivity index (χ1n) is 9.88. The number of amides is 3. The van der Waals surface area contributed by atoms with E-state index < -0.39 is 16.9 Å². The average molecular weight is 403 g/mol. The maximum Gasteiger partial charge on any atom is 0.267 e. The molecule has 3 aliphatic heterocycles. The van der Waals surface area contributed by atoms with Gasteiger partial charge in [-0.25, -0.2) is 9.91 Å². The lowest BCUT2D eigenvalue weighted by molar-refractivity contribution is -0.146. The second-order valence-electron chi connectivity index (χ2n) is 8.75. The van der Waals surface area contributed by atoms with Crippen LogP contribution < -0.4 is 9.91 Å². The first-order chi connectivity index (χ1) is 14.2. The second-order valence-corrected chi connectivity index (χ2v) is 8.75. The van der Waals surface area contributed by atoms with Crippen molar-refractivity contribution < 1.29 is 19.2 Å². The zero-order chi connectivity index (χ0) is 21.4. The Kier molecular flexibility index (Phi) is 3.57. The molecule has 3 amide bonds. The monoisotopic (exact) mass is 403 g/mol. The number of hydrogen-bond donors (Lipinski definition) is 0. The van der Waals surface area contributed by atoms with Gasteiger partial charge in [0.25, 0.3) is 5.91 Å². The molecule has 2 fully saturated rings. The zero-order valence-corrected chi connectivity index (χ0v) is 17.0. The molecule has 0 radical (unpaired) electrons. The Labute approximate surface area is 173 Å². The Bertz CT molecular complexity index is 1140. The van der Waals surface area contributed by atoms with E-state index in [0.717, 1.165) is 10.6 Å². The molecule has 1 spiro atoms. The number of carbonyl (C=O) groups is 4. The van der Waals surface area contributed by atoms with Gasteiger partial charge < -0.3 is 0 Å². The quantitative estimate of drug-likeness (QED) is 0.569. The Hall–Kier alpha value is -3.48. The van der Waals surface area contributed by atoms with Gasteiger partial charge in [-0.05, 0) is 51.1 Å². The summed E-state index contributed by atoms with van der Waals surface area (Å²) in [4.78, 5) is 53.0. The van der Waals surface area contributed by atoms with Crippen LogP contribution in [0.5, 0.6) is 0 Å². The highest BCUT2D eigenvalue weighted by Gasteiger charge is 2.68. The van der Waals surface area contributed by atoms with E-state index in [4.69, 9.17) is 0 Å². The van der Waals surface area contributed by atoms with Crippen molar-refractivity contribution in [3.8, 4) is 0 Å². The van der Waals surface area contributed by atoms with Crippen molar-refractivity contribution in [1.29, 1.82) is 0 Å². The van der Waals surface area contributed by atoms with Gasteiger partial charge in [0.05, 0.1) is 29.8 Å². The largest absolute Gasteiger partial charge is 0.295 e. The Morgan fingerprint density at radius 2 is 1.60 bits per heavy atom. The molecular weight excluding hydrogens is 382 g/mol. The lowest BCUT2D eigenvalue weighted by atomic mass is 9.84. The number of ketones is 1. The number of fused-ring (bicyclic) bond motifs is 5. The van der Waals surface area contributed by atoms with Crippen LogP contribution in [-0.2, 0) is 19.9 Å². The van der Waals surface area contributed by atoms with Crippen molar-refractivity contribution in [3.05, 3.63) is 59.7 Å². The highest BCUT2D eigenvalue weighted by Crippen LogP contribution is 2.55. The van der Waals surface area contributed by atoms with Crippen molar-refractivity contribution in [1.82, 2.24) is 5.01 Å². The summed E-state index contributed by atoms with van der Waals surface area (Å²) in [6.07, 6.45) is -0.115. The van der Waals surface area contributed by atoms with Gasteiger partial charge in [0.2, 0.25) is 11.8 Å². The number of carbonyl (C=O) groups excluding carboxylic acids is 4. The molecule has 3 aliphatic rings. The molecule has 152 valence electrons. The summed E-state index contributed by atoms with van der Waals surface area (Å²) < 4.78 is 0. The van der Waals surface area contributed by atoms with Crippen molar-refractivity contribution in [2.45, 2.75) is 32.7 Å². The minimum atomic E-state index is -1.38. The summed E-state index contributed by atoms with van der Waals surface area (Å²) in [5.41, 5.74) is 0.314. The van der Waals surface area contributed by atoms with Crippen LogP contribution in [0.3, 0.4) is 0 Å². The minimum Gasteiger partial charge on any atom is -0.295 e. The normalized spacial score (nSPS) is 24.1. The van der Waals surface area contributed by atoms with Gasteiger partial charge in [-0.2, -0.15) is 0 Å². The van der Waals surface area contributed by atoms with E-state index in [2.05, 4.69) is 0 Å². The number of Topliss-reactive ketones (excluding diaryl/α,β-unsaturated/α-hetero) is 1. The fourth-order valence-corrected chi connectivity index (χ4v) is 4.80. The maximum atomic E-state index is 13.8. The Balaban J connectivity index is 1.65. The summed E-state index contributed by atoms with van der Waals surface area (Å²) in [6, 6.07) is 13.8. The van der Waals surface area contributed by atoms with Crippen LogP contribution in [0.2, 0.25) is 0 Å². The number of para-hydroxylation sites is 1. The van der Waals surface area contributed by atoms with Crippen LogP contribution in [0.1, 0.15) is 43.1 Å². The number of rotatable bonds is 2. The van der Waals surface area contributed by atoms with Crippen molar-refractivity contribution in [2.24, 2.45) is 5.41 Å². The minimum absolute atomic E-state index is 0.0950. The van der Waals surface area contributed by atoms with E-state index in [-0.39, 0.29) is 24.0 Å². The smallest absolute Gasteiger partial charge is 0.267 e. The molecule has 3 heterocycles. The molecule has 7 heteroatoms. The molecule has 0 bridgehead atoms. The molecule has 0 N–H and O–H groups in total. The molecule has 1 atom stereocenters. The number of anilines is 2. The van der Waals surface area contributed by atoms with E-state index in [9.17, 15) is 19.2 Å². The van der Waals surface area contributed by atoms with E-state index in [1.165, 1.54) is 11.9 Å². The molecule has 5 rings (SSSR count). The van der Waals surface area contributed by atoms with Gasteiger partial charge in [0, 0.05) is 11.1 Å². The third kappa shape index (κ3) is 2.15. The molecule has 0 aliphatic carbocycles. The SMILES string of the molecule is CC(=O)c1ccc(N2C(=O)CC3(C2=O)c2ccccc2N2CC(C)(C)C(=O)N23)cc1. The van der Waals surface area contributed by atoms with Crippen molar-refractivity contribution >= 4 is 34.9 Å². The topological polar surface area (TPSA) is 78.0 Å². The van der Waals surface area contributed by atoms with Gasteiger partial charge in [0.1, 0.15) is 0 Å². The summed E-state index contributed by atoms with van der Waals surface area (Å²) in [5, 5.41) is 3.34. The number of hydrogen-bond acceptors (Lipinski definition) is 5. The van der Waals surface area contributed by atoms with Crippen LogP contribution in [0.25, 0.3) is 0 Å². The molecule has 7 nitrogen and oxygen atoms in total. The third-order valence-electron chi connectivity index (χ3n) is 6.29. The predicted molar refractivity (Wildman–Crippen MR) is 110 cm³/mol. The fraction of sp³-hybridized carbons (Fsp3) is 0.304. The van der Waals surface area contributed by atoms with E-state index >= 15 is 0 Å². The molecular formula is C23H21N3O4. The molecule has 0 saturated carbocycles. The number of benzene rings is 2. The fourth-order valence-electron chi connectivity index (χ4n) is 4.80. The first-order valence-corrected chi connectivity index (χ1v) is 9.88. The predicted octanol–water partition coefficient (Wildman–Crippen LogP) is 2.65. The average Bonchev–Trinajstić information content (AvgIpc) is 3.22. The molecule has 30 heavy (non-hydrogen) atoms. The van der Waals surface area contributed by atoms with Crippen LogP contribution in [0, 0.1) is 5.41 Å². The first kappa shape index (κ1) is 18.5. The van der Waals surface area contributed by atoms with Crippen LogP contribution in [0.4, 0.5) is 11.4 Å². The van der Waals surface area contributed by atoms with Crippen LogP contribution >= 0.6 is 0 Å². The zero-order valence-electron chi connectivity index (χ0n) is 17.0. The second kappa shape index (κ2) is 5.78. The molecule has 2 aromatic rings. The highest BCUT2D eigenvalue weighted by molar-refractivity contribution is 6.26. The van der Waals surface area contributed by atoms with Gasteiger partial charge in [0.15, 0.2) is 11.3 Å². The Morgan fingerprint density at radius 3 is 2.27 bits per heavy atom. The third-order valence-corrected chi connectivity index (χ3v) is 6.29. The summed E-state index contributed by atoms with van der Waals surface area (Å²) in [7, 11) is 0. The Morgan fingerprint density at radius 1 is 0.933 bits per heavy atom. The van der Waals surface area contributed by atoms with Crippen molar-refractivity contribution in [2.75, 3.05) is 16.5 Å². The van der Waals surface area contributed by atoms with Gasteiger partial charge >= 0.3 is 0 Å². The molecule has 2 saturated heterocycles. The summed E-state index contributed by atoms with van der Waals surface area (Å²) in [6.45, 7) is 5.60. The van der Waals surface area contributed by atoms with Gasteiger partial charge in [-0.1, -0.05) is 18.2 Å². The lowest BCUT2D eigenvalue weighted by Gasteiger charge is -2.33. The van der Waals surface area contributed by atoms with E-state index in [0.29, 0.717) is 23.4 Å². The summed E-state index contributed by atoms with van der Waals surface area (Å²) in [5.74, 6) is -1.08. The maximum absolute atomic E-state index is 13.8. The summed E-state index contributed by atoms with van der Waals surface area (Å²) >= 11 is 0. The van der Waals surface area contributed by atoms with Gasteiger partial charge in [-0.15, -0.1) is 0 Å². The number of hydrazine groups is 1. The molecule has 0 aromatic heterocycles. The standard InChI is InChI=1S/C23H21N3O4/c1-14(27)15-8-10-16(11-9-15)25-19(28)12-23(21(25)30)17-6-4-5-7-18(17)24-13-22(2,3)20(29)26(23)24/h4-11H,12-13H2,1-3H3. The lowest BCUT2D eigenvalue weighted by Crippen LogP contribution is -2.54. The molecule has 2 aromatic carbocycles. The number of imide groups is 1. The van der Waals surface area contributed by atoms with Crippen molar-refractivity contribution in [3.63, 3.8) is 0 Å². The number of nitrogens with zero attached hydrogens (tertiary/aromatic N) is 3. The highest BCUT2D eigenvalue weighted by atomic mass is 16.2. The van der Waals surface area contributed by atoms with E-state index in [1.807, 2.05) is 43.1 Å². The molecule has 1 unspecified atom stereocenters. The van der Waals surface area contributed by atoms with Crippen LogP contribution in [0.15, 0.2) is 48.5 Å². The van der Waals surface area contributed by atoms with E-state index in [1.54, 1.807) is 24.3 Å². The van der Waals surface area contributed by atoms with Crippen LogP contribution in [-0.4, -0.2) is 35.1 Å². The van der Waals surface area contributed by atoms with Gasteiger partial charge in [-0.3, -0.25) is 24.2 Å².